The molecule has 0 N–H and O–H groups in total. The van der Waals surface area contributed by atoms with E-state index >= 15 is 0 Å². The average Bonchev–Trinajstić information content (AvgIpc) is 2.84. The number of ketones is 1. The van der Waals surface area contributed by atoms with E-state index in [4.69, 9.17) is 11.6 Å². The lowest BCUT2D eigenvalue weighted by atomic mass is 10.1. The van der Waals surface area contributed by atoms with E-state index in [1.54, 1.807) is 6.92 Å². The summed E-state index contributed by atoms with van der Waals surface area (Å²) in [4.78, 5) is 13.8. The summed E-state index contributed by atoms with van der Waals surface area (Å²) in [5.74, 6) is 0.123. The van der Waals surface area contributed by atoms with Gasteiger partial charge in [-0.25, -0.2) is 0 Å². The number of rotatable bonds is 3. The van der Waals surface area contributed by atoms with Crippen LogP contribution in [0.25, 0.3) is 0 Å². The van der Waals surface area contributed by atoms with Crippen molar-refractivity contribution in [2.45, 2.75) is 26.8 Å². The first-order valence-electron chi connectivity index (χ1n) is 7.18. The van der Waals surface area contributed by atoms with Gasteiger partial charge < -0.3 is 4.90 Å². The van der Waals surface area contributed by atoms with Gasteiger partial charge in [0, 0.05) is 29.4 Å². The van der Waals surface area contributed by atoms with E-state index in [0.717, 1.165) is 35.7 Å². The van der Waals surface area contributed by atoms with Crippen LogP contribution in [0.2, 0.25) is 5.02 Å². The fourth-order valence-electron chi connectivity index (χ4n) is 2.84. The molecule has 1 aliphatic heterocycles. The van der Waals surface area contributed by atoms with Gasteiger partial charge in [-0.2, -0.15) is 0 Å². The molecule has 0 saturated carbocycles. The van der Waals surface area contributed by atoms with Gasteiger partial charge in [0.1, 0.15) is 0 Å². The molecule has 2 nitrogen and oxygen atoms in total. The number of hydrogen-bond donors (Lipinski definition) is 0. The molecule has 0 fully saturated rings. The lowest BCUT2D eigenvalue weighted by molar-refractivity contribution is 0.101. The summed E-state index contributed by atoms with van der Waals surface area (Å²) < 4.78 is 0. The zero-order valence-corrected chi connectivity index (χ0v) is 13.1. The van der Waals surface area contributed by atoms with Crippen LogP contribution < -0.4 is 4.90 Å². The first-order chi connectivity index (χ1) is 10.0. The van der Waals surface area contributed by atoms with Gasteiger partial charge in [0.2, 0.25) is 0 Å². The first kappa shape index (κ1) is 14.2. The molecule has 0 unspecified atom stereocenters. The van der Waals surface area contributed by atoms with Crippen molar-refractivity contribution in [2.24, 2.45) is 0 Å². The lowest BCUT2D eigenvalue weighted by Gasteiger charge is -2.20. The molecule has 1 aliphatic rings. The minimum Gasteiger partial charge on any atom is -0.367 e. The fourth-order valence-corrected chi connectivity index (χ4v) is 3.13. The average molecular weight is 300 g/mol. The topological polar surface area (TPSA) is 20.3 Å². The van der Waals surface area contributed by atoms with Crippen molar-refractivity contribution in [1.29, 1.82) is 0 Å². The maximum atomic E-state index is 11.5. The molecule has 0 aliphatic carbocycles. The predicted octanol–water partition coefficient (Wildman–Crippen LogP) is 4.41. The summed E-state index contributed by atoms with van der Waals surface area (Å²) >= 11 is 6.33. The Bertz CT molecular complexity index is 708. The van der Waals surface area contributed by atoms with Crippen molar-refractivity contribution >= 4 is 23.1 Å². The van der Waals surface area contributed by atoms with E-state index < -0.39 is 0 Å². The van der Waals surface area contributed by atoms with Crippen LogP contribution >= 0.6 is 11.6 Å². The van der Waals surface area contributed by atoms with Crippen molar-refractivity contribution in [1.82, 2.24) is 0 Å². The molecule has 2 aromatic rings. The number of anilines is 1. The Morgan fingerprint density at radius 2 is 2.05 bits per heavy atom. The minimum absolute atomic E-state index is 0.123. The number of fused-ring (bicyclic) bond motifs is 1. The van der Waals surface area contributed by atoms with Gasteiger partial charge in [0.05, 0.1) is 0 Å². The number of nitrogens with zero attached hydrogens (tertiary/aromatic N) is 1. The highest BCUT2D eigenvalue weighted by Crippen LogP contribution is 2.31. The van der Waals surface area contributed by atoms with Crippen LogP contribution in [0, 0.1) is 6.92 Å². The normalized spacial score (nSPS) is 13.4. The molecule has 3 rings (SSSR count). The predicted molar refractivity (Wildman–Crippen MR) is 87.4 cm³/mol. The van der Waals surface area contributed by atoms with E-state index in [9.17, 15) is 4.79 Å². The third kappa shape index (κ3) is 2.81. The van der Waals surface area contributed by atoms with Gasteiger partial charge in [-0.3, -0.25) is 4.79 Å². The molecular formula is C18H18ClNO. The molecule has 3 heteroatoms. The number of hydrogen-bond acceptors (Lipinski definition) is 2. The SMILES string of the molecule is CC(=O)c1ccc2c(c1)CCN2Cc1ccc(C)cc1Cl. The van der Waals surface area contributed by atoms with Crippen molar-refractivity contribution in [3.63, 3.8) is 0 Å². The fraction of sp³-hybridized carbons (Fsp3) is 0.278. The summed E-state index contributed by atoms with van der Waals surface area (Å²) in [6.07, 6.45) is 0.986. The summed E-state index contributed by atoms with van der Waals surface area (Å²) in [6, 6.07) is 12.2. The second kappa shape index (κ2) is 5.53. The Morgan fingerprint density at radius 3 is 2.76 bits per heavy atom. The highest BCUT2D eigenvalue weighted by molar-refractivity contribution is 6.31. The Balaban J connectivity index is 1.86. The summed E-state index contributed by atoms with van der Waals surface area (Å²) in [6.45, 7) is 5.44. The second-order valence-corrected chi connectivity index (χ2v) is 6.07. The molecule has 0 amide bonds. The van der Waals surface area contributed by atoms with E-state index in [0.29, 0.717) is 0 Å². The van der Waals surface area contributed by atoms with Gasteiger partial charge in [-0.15, -0.1) is 0 Å². The number of carbonyl (C=O) groups is 1. The Morgan fingerprint density at radius 1 is 1.24 bits per heavy atom. The zero-order valence-electron chi connectivity index (χ0n) is 12.3. The van der Waals surface area contributed by atoms with E-state index in [1.165, 1.54) is 16.8 Å². The molecule has 0 spiro atoms. The molecule has 0 saturated heterocycles. The third-order valence-corrected chi connectivity index (χ3v) is 4.40. The standard InChI is InChI=1S/C18H18ClNO/c1-12-3-4-16(17(19)9-12)11-20-8-7-15-10-14(13(2)21)5-6-18(15)20/h3-6,9-10H,7-8,11H2,1-2H3. The maximum Gasteiger partial charge on any atom is 0.159 e. The smallest absolute Gasteiger partial charge is 0.159 e. The molecule has 0 atom stereocenters. The molecular weight excluding hydrogens is 282 g/mol. The van der Waals surface area contributed by atoms with Crippen LogP contribution in [0.1, 0.15) is 34.0 Å². The molecule has 0 bridgehead atoms. The van der Waals surface area contributed by atoms with Crippen molar-refractivity contribution in [2.75, 3.05) is 11.4 Å². The zero-order chi connectivity index (χ0) is 15.0. The summed E-state index contributed by atoms with van der Waals surface area (Å²) in [7, 11) is 0. The monoisotopic (exact) mass is 299 g/mol. The van der Waals surface area contributed by atoms with Crippen molar-refractivity contribution in [3.05, 3.63) is 63.7 Å². The van der Waals surface area contributed by atoms with Crippen molar-refractivity contribution < 1.29 is 4.79 Å². The summed E-state index contributed by atoms with van der Waals surface area (Å²) in [5.41, 5.74) is 5.59. The molecule has 2 aromatic carbocycles. The molecule has 0 aromatic heterocycles. The molecule has 21 heavy (non-hydrogen) atoms. The maximum absolute atomic E-state index is 11.5. The van der Waals surface area contributed by atoms with Crippen LogP contribution in [-0.4, -0.2) is 12.3 Å². The van der Waals surface area contributed by atoms with E-state index in [1.807, 2.05) is 25.1 Å². The van der Waals surface area contributed by atoms with Crippen LogP contribution in [0.5, 0.6) is 0 Å². The van der Waals surface area contributed by atoms with Crippen LogP contribution in [0.3, 0.4) is 0 Å². The van der Waals surface area contributed by atoms with E-state index in [-0.39, 0.29) is 5.78 Å². The van der Waals surface area contributed by atoms with Gasteiger partial charge in [-0.1, -0.05) is 23.7 Å². The summed E-state index contributed by atoms with van der Waals surface area (Å²) in [5, 5.41) is 0.823. The second-order valence-electron chi connectivity index (χ2n) is 5.67. The van der Waals surface area contributed by atoms with Gasteiger partial charge in [0.15, 0.2) is 5.78 Å². The highest BCUT2D eigenvalue weighted by Gasteiger charge is 2.20. The van der Waals surface area contributed by atoms with Gasteiger partial charge >= 0.3 is 0 Å². The van der Waals surface area contributed by atoms with Crippen LogP contribution in [0.4, 0.5) is 5.69 Å². The van der Waals surface area contributed by atoms with Crippen LogP contribution in [-0.2, 0) is 13.0 Å². The molecule has 108 valence electrons. The Labute approximate surface area is 130 Å². The Hall–Kier alpha value is -1.80. The van der Waals surface area contributed by atoms with Crippen molar-refractivity contribution in [3.8, 4) is 0 Å². The van der Waals surface area contributed by atoms with Gasteiger partial charge in [0.25, 0.3) is 0 Å². The lowest BCUT2D eigenvalue weighted by Crippen LogP contribution is -2.19. The van der Waals surface area contributed by atoms with Crippen LogP contribution in [0.15, 0.2) is 36.4 Å². The number of halogens is 1. The third-order valence-electron chi connectivity index (χ3n) is 4.05. The minimum atomic E-state index is 0.123. The number of carbonyl (C=O) groups excluding carboxylic acids is 1. The first-order valence-corrected chi connectivity index (χ1v) is 7.56. The number of benzene rings is 2. The number of aryl methyl sites for hydroxylation is 1. The van der Waals surface area contributed by atoms with Gasteiger partial charge in [-0.05, 0) is 61.2 Å². The highest BCUT2D eigenvalue weighted by atomic mass is 35.5. The molecule has 0 radical (unpaired) electrons. The Kier molecular flexibility index (Phi) is 3.73. The quantitative estimate of drug-likeness (QED) is 0.782. The number of Topliss-reactive ketones (excluding diaryl/α,β-unsaturated/α-hetero) is 1. The van der Waals surface area contributed by atoms with E-state index in [2.05, 4.69) is 23.1 Å². The molecule has 1 heterocycles. The largest absolute Gasteiger partial charge is 0.367 e.